The van der Waals surface area contributed by atoms with Crippen molar-refractivity contribution in [2.75, 3.05) is 13.7 Å². The monoisotopic (exact) mass is 321 g/mol. The van der Waals surface area contributed by atoms with Crippen LogP contribution in [0, 0.1) is 0 Å². The Morgan fingerprint density at radius 1 is 1.22 bits per heavy atom. The Bertz CT molecular complexity index is 607. The Morgan fingerprint density at radius 3 is 2.39 bits per heavy atom. The number of amides is 1. The third-order valence-electron chi connectivity index (χ3n) is 3.63. The van der Waals surface area contributed by atoms with Gasteiger partial charge < -0.3 is 19.5 Å². The third-order valence-corrected chi connectivity index (χ3v) is 3.63. The molecule has 0 fully saturated rings. The number of aliphatic hydroxyl groups is 1. The predicted molar refractivity (Wildman–Crippen MR) is 83.8 cm³/mol. The molecule has 0 bridgehead atoms. The van der Waals surface area contributed by atoms with E-state index in [0.717, 1.165) is 11.1 Å². The molecule has 1 heterocycles. The number of carbonyl (C=O) groups is 2. The van der Waals surface area contributed by atoms with Crippen LogP contribution in [0.1, 0.15) is 31.9 Å². The number of β-amino-alcohol motifs (C(OH)–C–C–N with tert-alkyl or cyclic N) is 1. The lowest BCUT2D eigenvalue weighted by molar-refractivity contribution is -0.163. The number of hydrogen-bond acceptors (Lipinski definition) is 5. The summed E-state index contributed by atoms with van der Waals surface area (Å²) < 4.78 is 10.1. The summed E-state index contributed by atoms with van der Waals surface area (Å²) in [4.78, 5) is 25.8. The van der Waals surface area contributed by atoms with Gasteiger partial charge in [-0.3, -0.25) is 0 Å². The molecule has 0 radical (unpaired) electrons. The molecule has 0 spiro atoms. The fraction of sp³-hybridized carbons (Fsp3) is 0.529. The minimum absolute atomic E-state index is 0.0924. The molecule has 1 unspecified atom stereocenters. The smallest absolute Gasteiger partial charge is 0.410 e. The van der Waals surface area contributed by atoms with E-state index in [2.05, 4.69) is 0 Å². The zero-order chi connectivity index (χ0) is 17.3. The van der Waals surface area contributed by atoms with E-state index in [1.165, 1.54) is 12.0 Å². The molecule has 1 aromatic rings. The molecule has 0 aliphatic carbocycles. The highest BCUT2D eigenvalue weighted by Gasteiger charge is 2.43. The number of methoxy groups -OCH3 is 1. The summed E-state index contributed by atoms with van der Waals surface area (Å²) in [6, 6.07) is 7.39. The normalized spacial score (nSPS) is 21.2. The molecule has 126 valence electrons. The molecule has 1 atom stereocenters. The van der Waals surface area contributed by atoms with Gasteiger partial charge in [0.25, 0.3) is 0 Å². The molecule has 1 aromatic carbocycles. The minimum atomic E-state index is -1.79. The van der Waals surface area contributed by atoms with Crippen LogP contribution in [0.5, 0.6) is 0 Å². The number of benzene rings is 1. The molecular weight excluding hydrogens is 298 g/mol. The average Bonchev–Trinajstić information content (AvgIpc) is 2.61. The molecule has 1 N–H and O–H groups in total. The second-order valence-electron chi connectivity index (χ2n) is 6.81. The maximum absolute atomic E-state index is 12.4. The van der Waals surface area contributed by atoms with Gasteiger partial charge in [0.15, 0.2) is 5.60 Å². The molecule has 6 nitrogen and oxygen atoms in total. The number of carbonyl (C=O) groups excluding carboxylic acids is 2. The SMILES string of the molecule is COC(=O)C1(O)Cc2ccccc2CN(C(=O)OC(C)(C)C)C1. The maximum atomic E-state index is 12.4. The van der Waals surface area contributed by atoms with Crippen molar-refractivity contribution < 1.29 is 24.2 Å². The number of rotatable bonds is 1. The summed E-state index contributed by atoms with van der Waals surface area (Å²) in [6.07, 6.45) is -0.480. The Kier molecular flexibility index (Phi) is 4.66. The van der Waals surface area contributed by atoms with Crippen LogP contribution in [-0.4, -0.2) is 46.9 Å². The Balaban J connectivity index is 2.37. The minimum Gasteiger partial charge on any atom is -0.467 e. The van der Waals surface area contributed by atoms with Crippen molar-refractivity contribution in [2.24, 2.45) is 0 Å². The topological polar surface area (TPSA) is 76.1 Å². The Labute approximate surface area is 136 Å². The molecule has 6 heteroatoms. The fourth-order valence-corrected chi connectivity index (χ4v) is 2.61. The van der Waals surface area contributed by atoms with Gasteiger partial charge in [-0.2, -0.15) is 0 Å². The summed E-state index contributed by atoms with van der Waals surface area (Å²) in [5.41, 5.74) is -0.769. The van der Waals surface area contributed by atoms with E-state index in [0.29, 0.717) is 0 Å². The summed E-state index contributed by atoms with van der Waals surface area (Å²) >= 11 is 0. The number of fused-ring (bicyclic) bond motifs is 1. The van der Waals surface area contributed by atoms with Gasteiger partial charge in [-0.1, -0.05) is 24.3 Å². The first kappa shape index (κ1) is 17.3. The molecule has 2 rings (SSSR count). The Hall–Kier alpha value is -2.08. The molecule has 1 aliphatic rings. The molecule has 0 saturated heterocycles. The molecule has 0 aromatic heterocycles. The Morgan fingerprint density at radius 2 is 1.83 bits per heavy atom. The second kappa shape index (κ2) is 6.20. The highest BCUT2D eigenvalue weighted by Crippen LogP contribution is 2.27. The van der Waals surface area contributed by atoms with Crippen LogP contribution < -0.4 is 0 Å². The third kappa shape index (κ3) is 4.01. The highest BCUT2D eigenvalue weighted by molar-refractivity contribution is 5.81. The molecule has 1 aliphatic heterocycles. The van der Waals surface area contributed by atoms with Crippen LogP contribution >= 0.6 is 0 Å². The van der Waals surface area contributed by atoms with Crippen LogP contribution in [0.25, 0.3) is 0 Å². The van der Waals surface area contributed by atoms with Crippen molar-refractivity contribution in [3.05, 3.63) is 35.4 Å². The van der Waals surface area contributed by atoms with Gasteiger partial charge in [0.2, 0.25) is 0 Å². The number of hydrogen-bond donors (Lipinski definition) is 1. The van der Waals surface area contributed by atoms with Gasteiger partial charge in [-0.15, -0.1) is 0 Å². The lowest BCUT2D eigenvalue weighted by Crippen LogP contribution is -2.51. The van der Waals surface area contributed by atoms with Crippen molar-refractivity contribution >= 4 is 12.1 Å². The quantitative estimate of drug-likeness (QED) is 0.799. The van der Waals surface area contributed by atoms with E-state index < -0.39 is 23.3 Å². The summed E-state index contributed by atoms with van der Waals surface area (Å²) in [5.74, 6) is -0.761. The number of nitrogens with zero attached hydrogens (tertiary/aromatic N) is 1. The lowest BCUT2D eigenvalue weighted by Gasteiger charge is -2.31. The largest absolute Gasteiger partial charge is 0.467 e. The van der Waals surface area contributed by atoms with Crippen LogP contribution in [0.2, 0.25) is 0 Å². The number of ether oxygens (including phenoxy) is 2. The van der Waals surface area contributed by atoms with Crippen molar-refractivity contribution in [3.63, 3.8) is 0 Å². The number of esters is 1. The predicted octanol–water partition coefficient (Wildman–Crippen LogP) is 1.88. The van der Waals surface area contributed by atoms with E-state index in [9.17, 15) is 14.7 Å². The van der Waals surface area contributed by atoms with Crippen LogP contribution in [0.3, 0.4) is 0 Å². The molecule has 0 saturated carbocycles. The fourth-order valence-electron chi connectivity index (χ4n) is 2.61. The summed E-state index contributed by atoms with van der Waals surface area (Å²) in [6.45, 7) is 5.39. The molecule has 1 amide bonds. The van der Waals surface area contributed by atoms with Gasteiger partial charge in [0.1, 0.15) is 5.60 Å². The summed E-state index contributed by atoms with van der Waals surface area (Å²) in [7, 11) is 1.22. The summed E-state index contributed by atoms with van der Waals surface area (Å²) in [5, 5.41) is 10.8. The van der Waals surface area contributed by atoms with E-state index in [-0.39, 0.29) is 19.5 Å². The van der Waals surface area contributed by atoms with Crippen LogP contribution in [0.15, 0.2) is 24.3 Å². The van der Waals surface area contributed by atoms with Gasteiger partial charge in [0.05, 0.1) is 13.7 Å². The standard InChI is InChI=1S/C17H23NO5/c1-16(2,3)23-15(20)18-10-13-8-6-5-7-12(13)9-17(21,11-18)14(19)22-4/h5-8,21H,9-11H2,1-4H3. The van der Waals surface area contributed by atoms with E-state index >= 15 is 0 Å². The van der Waals surface area contributed by atoms with Crippen LogP contribution in [0.4, 0.5) is 4.79 Å². The zero-order valence-corrected chi connectivity index (χ0v) is 14.0. The van der Waals surface area contributed by atoms with Crippen molar-refractivity contribution in [2.45, 2.75) is 44.9 Å². The molecule has 23 heavy (non-hydrogen) atoms. The van der Waals surface area contributed by atoms with E-state index in [1.807, 2.05) is 24.3 Å². The molecular formula is C17H23NO5. The maximum Gasteiger partial charge on any atom is 0.410 e. The second-order valence-corrected chi connectivity index (χ2v) is 6.81. The average molecular weight is 321 g/mol. The van der Waals surface area contributed by atoms with Crippen LogP contribution in [-0.2, 0) is 27.2 Å². The van der Waals surface area contributed by atoms with Crippen molar-refractivity contribution in [1.29, 1.82) is 0 Å². The zero-order valence-electron chi connectivity index (χ0n) is 14.0. The van der Waals surface area contributed by atoms with Gasteiger partial charge in [-0.25, -0.2) is 9.59 Å². The van der Waals surface area contributed by atoms with Gasteiger partial charge in [0, 0.05) is 13.0 Å². The van der Waals surface area contributed by atoms with Gasteiger partial charge in [-0.05, 0) is 31.9 Å². The van der Waals surface area contributed by atoms with Crippen molar-refractivity contribution in [3.8, 4) is 0 Å². The first-order valence-corrected chi connectivity index (χ1v) is 7.50. The van der Waals surface area contributed by atoms with Gasteiger partial charge >= 0.3 is 12.1 Å². The lowest BCUT2D eigenvalue weighted by atomic mass is 9.93. The first-order valence-electron chi connectivity index (χ1n) is 7.50. The van der Waals surface area contributed by atoms with E-state index in [4.69, 9.17) is 9.47 Å². The van der Waals surface area contributed by atoms with E-state index in [1.54, 1.807) is 20.8 Å². The van der Waals surface area contributed by atoms with Crippen molar-refractivity contribution in [1.82, 2.24) is 4.90 Å². The highest BCUT2D eigenvalue weighted by atomic mass is 16.6. The first-order chi connectivity index (χ1) is 10.6.